The highest BCUT2D eigenvalue weighted by molar-refractivity contribution is 5.58. The number of nitrogens with one attached hydrogen (secondary N) is 2. The predicted octanol–water partition coefficient (Wildman–Crippen LogP) is 2.14. The summed E-state index contributed by atoms with van der Waals surface area (Å²) in [6, 6.07) is 11.3. The SMILES string of the molecule is Cc1cc(Nc2ccc(C#N)cc2)nc(NCCN2CCOCC2)n1. The molecule has 0 atom stereocenters. The van der Waals surface area contributed by atoms with E-state index in [-0.39, 0.29) is 0 Å². The maximum absolute atomic E-state index is 8.86. The number of aryl methyl sites for hydroxylation is 1. The third kappa shape index (κ3) is 5.14. The molecule has 1 aliphatic heterocycles. The minimum Gasteiger partial charge on any atom is -0.379 e. The third-order valence-corrected chi connectivity index (χ3v) is 3.96. The second-order valence-electron chi connectivity index (χ2n) is 5.91. The molecule has 25 heavy (non-hydrogen) atoms. The van der Waals surface area contributed by atoms with Crippen molar-refractivity contribution in [2.75, 3.05) is 50.0 Å². The Kier molecular flexibility index (Phi) is 5.77. The van der Waals surface area contributed by atoms with E-state index in [1.54, 1.807) is 12.1 Å². The van der Waals surface area contributed by atoms with Crippen LogP contribution in [0.25, 0.3) is 0 Å². The number of rotatable bonds is 6. The molecule has 7 heteroatoms. The second-order valence-corrected chi connectivity index (χ2v) is 5.91. The first-order valence-corrected chi connectivity index (χ1v) is 8.40. The molecule has 1 saturated heterocycles. The molecule has 0 unspecified atom stereocenters. The molecule has 1 aromatic heterocycles. The molecule has 0 spiro atoms. The van der Waals surface area contributed by atoms with E-state index in [0.717, 1.165) is 56.6 Å². The van der Waals surface area contributed by atoms with E-state index in [1.165, 1.54) is 0 Å². The Hall–Kier alpha value is -2.69. The summed E-state index contributed by atoms with van der Waals surface area (Å²) in [5, 5.41) is 15.4. The van der Waals surface area contributed by atoms with Crippen molar-refractivity contribution in [3.05, 3.63) is 41.6 Å². The summed E-state index contributed by atoms with van der Waals surface area (Å²) in [5.74, 6) is 1.34. The third-order valence-electron chi connectivity index (χ3n) is 3.96. The molecule has 130 valence electrons. The van der Waals surface area contributed by atoms with Crippen LogP contribution in [0.4, 0.5) is 17.5 Å². The summed E-state index contributed by atoms with van der Waals surface area (Å²) in [6.07, 6.45) is 0. The van der Waals surface area contributed by atoms with Gasteiger partial charge in [-0.2, -0.15) is 10.2 Å². The van der Waals surface area contributed by atoms with Crippen molar-refractivity contribution in [3.63, 3.8) is 0 Å². The molecule has 0 saturated carbocycles. The van der Waals surface area contributed by atoms with Crippen molar-refractivity contribution in [3.8, 4) is 6.07 Å². The maximum atomic E-state index is 8.86. The molecule has 3 rings (SSSR count). The van der Waals surface area contributed by atoms with Gasteiger partial charge in [-0.1, -0.05) is 0 Å². The number of hydrogen-bond acceptors (Lipinski definition) is 7. The van der Waals surface area contributed by atoms with Gasteiger partial charge in [0.25, 0.3) is 0 Å². The summed E-state index contributed by atoms with van der Waals surface area (Å²) in [7, 11) is 0. The Morgan fingerprint density at radius 2 is 1.96 bits per heavy atom. The zero-order chi connectivity index (χ0) is 17.5. The van der Waals surface area contributed by atoms with E-state index in [1.807, 2.05) is 25.1 Å². The molecule has 1 aromatic carbocycles. The van der Waals surface area contributed by atoms with Crippen LogP contribution in [0.3, 0.4) is 0 Å². The molecular weight excluding hydrogens is 316 g/mol. The lowest BCUT2D eigenvalue weighted by Gasteiger charge is -2.26. The molecule has 0 bridgehead atoms. The van der Waals surface area contributed by atoms with Gasteiger partial charge in [-0.05, 0) is 31.2 Å². The number of morpholine rings is 1. The van der Waals surface area contributed by atoms with Crippen LogP contribution in [0, 0.1) is 18.3 Å². The van der Waals surface area contributed by atoms with E-state index in [2.05, 4.69) is 31.6 Å². The van der Waals surface area contributed by atoms with Crippen molar-refractivity contribution in [1.29, 1.82) is 5.26 Å². The predicted molar refractivity (Wildman–Crippen MR) is 97.0 cm³/mol. The van der Waals surface area contributed by atoms with Crippen LogP contribution in [0.2, 0.25) is 0 Å². The van der Waals surface area contributed by atoms with Crippen LogP contribution in [-0.2, 0) is 4.74 Å². The molecule has 1 aliphatic rings. The van der Waals surface area contributed by atoms with E-state index in [4.69, 9.17) is 10.00 Å². The fourth-order valence-electron chi connectivity index (χ4n) is 2.64. The van der Waals surface area contributed by atoms with Crippen LogP contribution < -0.4 is 10.6 Å². The Balaban J connectivity index is 1.58. The average Bonchev–Trinajstić information content (AvgIpc) is 2.63. The van der Waals surface area contributed by atoms with Gasteiger partial charge in [0, 0.05) is 43.6 Å². The molecule has 0 amide bonds. The van der Waals surface area contributed by atoms with Crippen LogP contribution in [0.15, 0.2) is 30.3 Å². The van der Waals surface area contributed by atoms with Gasteiger partial charge in [0.2, 0.25) is 5.95 Å². The highest BCUT2D eigenvalue weighted by Crippen LogP contribution is 2.17. The second kappa shape index (κ2) is 8.42. The van der Waals surface area contributed by atoms with Crippen molar-refractivity contribution < 1.29 is 4.74 Å². The fourth-order valence-corrected chi connectivity index (χ4v) is 2.64. The highest BCUT2D eigenvalue weighted by Gasteiger charge is 2.10. The Labute approximate surface area is 147 Å². The van der Waals surface area contributed by atoms with Gasteiger partial charge in [0.1, 0.15) is 5.82 Å². The maximum Gasteiger partial charge on any atom is 0.224 e. The number of benzene rings is 1. The largest absolute Gasteiger partial charge is 0.379 e. The van der Waals surface area contributed by atoms with E-state index >= 15 is 0 Å². The normalized spacial score (nSPS) is 14.7. The van der Waals surface area contributed by atoms with Gasteiger partial charge in [-0.25, -0.2) is 4.98 Å². The fraction of sp³-hybridized carbons (Fsp3) is 0.389. The summed E-state index contributed by atoms with van der Waals surface area (Å²) in [5.41, 5.74) is 2.41. The number of aromatic nitrogens is 2. The Bertz CT molecular complexity index is 734. The van der Waals surface area contributed by atoms with Gasteiger partial charge in [0.05, 0.1) is 24.8 Å². The minimum atomic E-state index is 0.615. The minimum absolute atomic E-state index is 0.615. The lowest BCUT2D eigenvalue weighted by molar-refractivity contribution is 0.0398. The number of hydrogen-bond donors (Lipinski definition) is 2. The van der Waals surface area contributed by atoms with Gasteiger partial charge < -0.3 is 15.4 Å². The number of anilines is 3. The topological polar surface area (TPSA) is 86.1 Å². The molecule has 2 N–H and O–H groups in total. The lowest BCUT2D eigenvalue weighted by atomic mass is 10.2. The van der Waals surface area contributed by atoms with E-state index in [9.17, 15) is 0 Å². The Morgan fingerprint density at radius 3 is 2.68 bits per heavy atom. The molecule has 7 nitrogen and oxygen atoms in total. The number of ether oxygens (including phenoxy) is 1. The van der Waals surface area contributed by atoms with Crippen LogP contribution in [0.5, 0.6) is 0 Å². The quantitative estimate of drug-likeness (QED) is 0.834. The standard InChI is InChI=1S/C18H22N6O/c1-14-12-17(22-16-4-2-15(13-19)3-5-16)23-18(21-14)20-6-7-24-8-10-25-11-9-24/h2-5,12H,6-11H2,1H3,(H2,20,21,22,23). The zero-order valence-electron chi connectivity index (χ0n) is 14.3. The van der Waals surface area contributed by atoms with Gasteiger partial charge in [0.15, 0.2) is 0 Å². The first kappa shape index (κ1) is 17.1. The van der Waals surface area contributed by atoms with Crippen LogP contribution >= 0.6 is 0 Å². The summed E-state index contributed by atoms with van der Waals surface area (Å²) in [6.45, 7) is 7.24. The van der Waals surface area contributed by atoms with Gasteiger partial charge >= 0.3 is 0 Å². The first-order chi connectivity index (χ1) is 12.2. The smallest absolute Gasteiger partial charge is 0.224 e. The van der Waals surface area contributed by atoms with E-state index < -0.39 is 0 Å². The van der Waals surface area contributed by atoms with Crippen molar-refractivity contribution >= 4 is 17.5 Å². The van der Waals surface area contributed by atoms with Crippen molar-refractivity contribution in [1.82, 2.24) is 14.9 Å². The summed E-state index contributed by atoms with van der Waals surface area (Å²) in [4.78, 5) is 11.3. The molecule has 1 fully saturated rings. The molecule has 2 aromatic rings. The van der Waals surface area contributed by atoms with Gasteiger partial charge in [-0.15, -0.1) is 0 Å². The number of nitrogens with zero attached hydrogens (tertiary/aromatic N) is 4. The zero-order valence-corrected chi connectivity index (χ0v) is 14.3. The first-order valence-electron chi connectivity index (χ1n) is 8.40. The van der Waals surface area contributed by atoms with Gasteiger partial charge in [-0.3, -0.25) is 4.90 Å². The highest BCUT2D eigenvalue weighted by atomic mass is 16.5. The average molecular weight is 338 g/mol. The Morgan fingerprint density at radius 1 is 1.20 bits per heavy atom. The van der Waals surface area contributed by atoms with E-state index in [0.29, 0.717) is 11.5 Å². The van der Waals surface area contributed by atoms with Crippen molar-refractivity contribution in [2.45, 2.75) is 6.92 Å². The summed E-state index contributed by atoms with van der Waals surface area (Å²) < 4.78 is 5.35. The van der Waals surface area contributed by atoms with Crippen molar-refractivity contribution in [2.24, 2.45) is 0 Å². The van der Waals surface area contributed by atoms with Crippen LogP contribution in [0.1, 0.15) is 11.3 Å². The molecule has 0 radical (unpaired) electrons. The molecule has 2 heterocycles. The summed E-state index contributed by atoms with van der Waals surface area (Å²) >= 11 is 0. The van der Waals surface area contributed by atoms with Crippen LogP contribution in [-0.4, -0.2) is 54.3 Å². The monoisotopic (exact) mass is 338 g/mol. The molecular formula is C18H22N6O. The number of nitriles is 1. The lowest BCUT2D eigenvalue weighted by Crippen LogP contribution is -2.39. The molecule has 0 aliphatic carbocycles.